The van der Waals surface area contributed by atoms with E-state index in [1.165, 1.54) is 36.4 Å². The van der Waals surface area contributed by atoms with Crippen LogP contribution in [0, 0.1) is 5.82 Å². The lowest BCUT2D eigenvalue weighted by Crippen LogP contribution is -2.19. The quantitative estimate of drug-likeness (QED) is 0.659. The number of hydrogen-bond donors (Lipinski definition) is 0. The van der Waals surface area contributed by atoms with E-state index in [1.807, 2.05) is 0 Å². The minimum Gasteiger partial charge on any atom is -0.383 e. The first-order chi connectivity index (χ1) is 11.9. The number of nitrogens with zero attached hydrogens (tertiary/aromatic N) is 2. The number of hydrogen-bond acceptors (Lipinski definition) is 4. The van der Waals surface area contributed by atoms with Gasteiger partial charge >= 0.3 is 0 Å². The summed E-state index contributed by atoms with van der Waals surface area (Å²) in [5.74, 6) is -0.389. The lowest BCUT2D eigenvalue weighted by molar-refractivity contribution is 0.187. The first-order valence-corrected chi connectivity index (χ1v) is 9.88. The van der Waals surface area contributed by atoms with Crippen molar-refractivity contribution in [2.75, 3.05) is 13.7 Å². The average Bonchev–Trinajstić information content (AvgIpc) is 2.88. The first kappa shape index (κ1) is 18.1. The Morgan fingerprint density at radius 2 is 1.96 bits per heavy atom. The molecule has 0 fully saturated rings. The van der Waals surface area contributed by atoms with Crippen LogP contribution in [0.2, 0.25) is 5.02 Å². The van der Waals surface area contributed by atoms with E-state index < -0.39 is 10.0 Å². The summed E-state index contributed by atoms with van der Waals surface area (Å²) in [7, 11) is -2.36. The number of benzene rings is 2. The predicted octanol–water partition coefficient (Wildman–Crippen LogP) is 3.43. The Balaban J connectivity index is 2.18. The van der Waals surface area contributed by atoms with Crippen molar-refractivity contribution in [3.63, 3.8) is 0 Å². The zero-order valence-electron chi connectivity index (χ0n) is 13.1. The Morgan fingerprint density at radius 1 is 1.24 bits per heavy atom. The van der Waals surface area contributed by atoms with Crippen LogP contribution >= 0.6 is 22.9 Å². The molecule has 0 aliphatic carbocycles. The SMILES string of the molecule is COCCn1c(=NS(=O)(=O)c2ccc(Cl)cc2)sc2cc(F)ccc21. The minimum absolute atomic E-state index is 0.0406. The number of thiazole rings is 1. The van der Waals surface area contributed by atoms with Crippen molar-refractivity contribution in [1.82, 2.24) is 4.57 Å². The van der Waals surface area contributed by atoms with Gasteiger partial charge in [0.25, 0.3) is 10.0 Å². The molecule has 2 aromatic carbocycles. The summed E-state index contributed by atoms with van der Waals surface area (Å²) in [5, 5.41) is 0.437. The molecule has 0 N–H and O–H groups in total. The Labute approximate surface area is 153 Å². The molecular formula is C16H14ClFN2O3S2. The maximum Gasteiger partial charge on any atom is 0.285 e. The number of sulfonamides is 1. The second-order valence-electron chi connectivity index (χ2n) is 5.16. The number of rotatable bonds is 5. The number of aromatic nitrogens is 1. The molecule has 0 aliphatic heterocycles. The summed E-state index contributed by atoms with van der Waals surface area (Å²) >= 11 is 6.90. The topological polar surface area (TPSA) is 60.7 Å². The molecule has 1 heterocycles. The van der Waals surface area contributed by atoms with Crippen LogP contribution in [0.1, 0.15) is 0 Å². The van der Waals surface area contributed by atoms with E-state index in [-0.39, 0.29) is 15.5 Å². The molecule has 0 spiro atoms. The van der Waals surface area contributed by atoms with Crippen LogP contribution in [0.25, 0.3) is 10.2 Å². The lowest BCUT2D eigenvalue weighted by Gasteiger charge is -2.04. The molecule has 0 saturated heterocycles. The van der Waals surface area contributed by atoms with Crippen LogP contribution in [0.5, 0.6) is 0 Å². The standard InChI is InChI=1S/C16H14ClFN2O3S2/c1-23-9-8-20-14-7-4-12(18)10-15(14)24-16(20)19-25(21,22)13-5-2-11(17)3-6-13/h2-7,10H,8-9H2,1H3. The lowest BCUT2D eigenvalue weighted by atomic mass is 10.3. The van der Waals surface area contributed by atoms with Gasteiger partial charge < -0.3 is 9.30 Å². The van der Waals surface area contributed by atoms with E-state index in [2.05, 4.69) is 4.40 Å². The summed E-state index contributed by atoms with van der Waals surface area (Å²) in [6, 6.07) is 10.1. The maximum atomic E-state index is 13.5. The van der Waals surface area contributed by atoms with Gasteiger partial charge in [-0.2, -0.15) is 8.42 Å². The molecule has 1 aromatic heterocycles. The Bertz CT molecular complexity index is 1070. The molecule has 132 valence electrons. The van der Waals surface area contributed by atoms with Gasteiger partial charge in [0, 0.05) is 18.7 Å². The number of ether oxygens (including phenoxy) is 1. The molecule has 0 amide bonds. The fourth-order valence-electron chi connectivity index (χ4n) is 2.28. The normalized spacial score (nSPS) is 12.8. The molecule has 0 unspecified atom stereocenters. The molecular weight excluding hydrogens is 387 g/mol. The monoisotopic (exact) mass is 400 g/mol. The molecule has 3 aromatic rings. The van der Waals surface area contributed by atoms with Gasteiger partial charge in [0.2, 0.25) is 4.80 Å². The van der Waals surface area contributed by atoms with Crippen molar-refractivity contribution < 1.29 is 17.5 Å². The Kier molecular flexibility index (Phi) is 5.24. The molecule has 0 saturated carbocycles. The molecule has 9 heteroatoms. The molecule has 5 nitrogen and oxygen atoms in total. The highest BCUT2D eigenvalue weighted by Gasteiger charge is 2.15. The van der Waals surface area contributed by atoms with Gasteiger partial charge in [-0.15, -0.1) is 4.40 Å². The summed E-state index contributed by atoms with van der Waals surface area (Å²) < 4.78 is 49.9. The van der Waals surface area contributed by atoms with Gasteiger partial charge in [0.1, 0.15) is 5.82 Å². The van der Waals surface area contributed by atoms with E-state index in [4.69, 9.17) is 16.3 Å². The Hall–Kier alpha value is -1.74. The molecule has 0 radical (unpaired) electrons. The first-order valence-electron chi connectivity index (χ1n) is 7.25. The van der Waals surface area contributed by atoms with E-state index in [0.717, 1.165) is 11.3 Å². The maximum absolute atomic E-state index is 13.5. The van der Waals surface area contributed by atoms with Crippen LogP contribution in [0.15, 0.2) is 51.8 Å². The van der Waals surface area contributed by atoms with Crippen LogP contribution in [0.4, 0.5) is 4.39 Å². The Morgan fingerprint density at radius 3 is 2.64 bits per heavy atom. The van der Waals surface area contributed by atoms with E-state index in [0.29, 0.717) is 28.4 Å². The zero-order valence-corrected chi connectivity index (χ0v) is 15.5. The fraction of sp³-hybridized carbons (Fsp3) is 0.188. The van der Waals surface area contributed by atoms with Crippen molar-refractivity contribution in [3.05, 3.63) is 58.1 Å². The van der Waals surface area contributed by atoms with Gasteiger partial charge in [-0.25, -0.2) is 4.39 Å². The third-order valence-electron chi connectivity index (χ3n) is 3.47. The summed E-state index contributed by atoms with van der Waals surface area (Å²) in [6.07, 6.45) is 0. The van der Waals surface area contributed by atoms with Crippen LogP contribution in [-0.4, -0.2) is 26.7 Å². The third-order valence-corrected chi connectivity index (χ3v) is 6.16. The van der Waals surface area contributed by atoms with Gasteiger partial charge in [0.05, 0.1) is 21.7 Å². The van der Waals surface area contributed by atoms with E-state index in [9.17, 15) is 12.8 Å². The van der Waals surface area contributed by atoms with Crippen molar-refractivity contribution in [2.24, 2.45) is 4.40 Å². The van der Waals surface area contributed by atoms with Gasteiger partial charge in [-0.05, 0) is 42.5 Å². The molecule has 0 aliphatic rings. The van der Waals surface area contributed by atoms with Crippen LogP contribution < -0.4 is 4.80 Å². The average molecular weight is 401 g/mol. The van der Waals surface area contributed by atoms with Gasteiger partial charge in [0.15, 0.2) is 0 Å². The summed E-state index contributed by atoms with van der Waals surface area (Å²) in [5.41, 5.74) is 0.702. The largest absolute Gasteiger partial charge is 0.383 e. The second kappa shape index (κ2) is 7.25. The third kappa shape index (κ3) is 3.92. The van der Waals surface area contributed by atoms with Gasteiger partial charge in [-0.1, -0.05) is 22.9 Å². The van der Waals surface area contributed by atoms with E-state index in [1.54, 1.807) is 17.7 Å². The van der Waals surface area contributed by atoms with Crippen LogP contribution in [-0.2, 0) is 21.3 Å². The van der Waals surface area contributed by atoms with Crippen molar-refractivity contribution >= 4 is 43.2 Å². The molecule has 0 atom stereocenters. The summed E-state index contributed by atoms with van der Waals surface area (Å²) in [4.78, 5) is 0.298. The smallest absolute Gasteiger partial charge is 0.285 e. The van der Waals surface area contributed by atoms with Crippen molar-refractivity contribution in [2.45, 2.75) is 11.4 Å². The van der Waals surface area contributed by atoms with Gasteiger partial charge in [-0.3, -0.25) is 0 Å². The second-order valence-corrected chi connectivity index (χ2v) is 8.21. The highest BCUT2D eigenvalue weighted by Crippen LogP contribution is 2.20. The highest BCUT2D eigenvalue weighted by atomic mass is 35.5. The minimum atomic E-state index is -3.91. The van der Waals surface area contributed by atoms with Crippen LogP contribution in [0.3, 0.4) is 0 Å². The number of methoxy groups -OCH3 is 1. The van der Waals surface area contributed by atoms with Crippen molar-refractivity contribution in [3.8, 4) is 0 Å². The van der Waals surface area contributed by atoms with Crippen molar-refractivity contribution in [1.29, 1.82) is 0 Å². The van der Waals surface area contributed by atoms with E-state index >= 15 is 0 Å². The summed E-state index contributed by atoms with van der Waals surface area (Å²) in [6.45, 7) is 0.772. The molecule has 3 rings (SSSR count). The number of halogens is 2. The highest BCUT2D eigenvalue weighted by molar-refractivity contribution is 7.90. The number of fused-ring (bicyclic) bond motifs is 1. The molecule has 0 bridgehead atoms. The predicted molar refractivity (Wildman–Crippen MR) is 95.8 cm³/mol. The zero-order chi connectivity index (χ0) is 18.0. The fourth-order valence-corrected chi connectivity index (χ4v) is 4.69. The molecule has 25 heavy (non-hydrogen) atoms.